The highest BCUT2D eigenvalue weighted by Gasteiger charge is 2.43. The van der Waals surface area contributed by atoms with Crippen LogP contribution in [0.25, 0.3) is 0 Å². The molecule has 2 fully saturated rings. The molecule has 0 saturated carbocycles. The molecular formula is C13H14Cl2N2O2. The van der Waals surface area contributed by atoms with Crippen molar-refractivity contribution in [3.63, 3.8) is 0 Å². The first kappa shape index (κ1) is 13.2. The zero-order valence-electron chi connectivity index (χ0n) is 10.2. The first-order valence-electron chi connectivity index (χ1n) is 6.38. The molecular weight excluding hydrogens is 287 g/mol. The Morgan fingerprint density at radius 2 is 1.95 bits per heavy atom. The van der Waals surface area contributed by atoms with E-state index < -0.39 is 0 Å². The first-order chi connectivity index (χ1) is 9.06. The molecule has 2 aliphatic rings. The summed E-state index contributed by atoms with van der Waals surface area (Å²) in [4.78, 5) is 18.3. The predicted molar refractivity (Wildman–Crippen MR) is 72.5 cm³/mol. The number of carbonyl (C=O) groups is 1. The number of pyridine rings is 1. The van der Waals surface area contributed by atoms with E-state index >= 15 is 0 Å². The highest BCUT2D eigenvalue weighted by atomic mass is 35.5. The Balaban J connectivity index is 1.86. The van der Waals surface area contributed by atoms with Crippen LogP contribution >= 0.6 is 23.2 Å². The smallest absolute Gasteiger partial charge is 0.255 e. The number of rotatable bonds is 1. The zero-order valence-corrected chi connectivity index (χ0v) is 11.7. The van der Waals surface area contributed by atoms with E-state index in [-0.39, 0.29) is 34.3 Å². The van der Waals surface area contributed by atoms with E-state index in [1.54, 1.807) is 6.07 Å². The van der Waals surface area contributed by atoms with E-state index in [1.807, 2.05) is 4.90 Å². The molecule has 3 rings (SSSR count). The summed E-state index contributed by atoms with van der Waals surface area (Å²) >= 11 is 11.7. The summed E-state index contributed by atoms with van der Waals surface area (Å²) < 4.78 is 0. The number of amides is 1. The van der Waals surface area contributed by atoms with Crippen molar-refractivity contribution in [2.45, 2.75) is 43.9 Å². The van der Waals surface area contributed by atoms with Gasteiger partial charge < -0.3 is 10.0 Å². The summed E-state index contributed by atoms with van der Waals surface area (Å²) in [5, 5.41) is 10.2. The van der Waals surface area contributed by atoms with Crippen molar-refractivity contribution in [1.29, 1.82) is 0 Å². The Labute approximate surface area is 121 Å². The van der Waals surface area contributed by atoms with Gasteiger partial charge in [-0.2, -0.15) is 0 Å². The van der Waals surface area contributed by atoms with E-state index in [2.05, 4.69) is 4.98 Å². The fourth-order valence-electron chi connectivity index (χ4n) is 3.17. The summed E-state index contributed by atoms with van der Waals surface area (Å²) in [6, 6.07) is 1.83. The number of carbonyl (C=O) groups excluding carboxylic acids is 1. The SMILES string of the molecule is O=C(c1cnc(Cl)c(Cl)c1)N1C2CCC1CC(O)C2. The van der Waals surface area contributed by atoms with E-state index in [4.69, 9.17) is 23.2 Å². The minimum absolute atomic E-state index is 0.0644. The molecule has 2 bridgehead atoms. The quantitative estimate of drug-likeness (QED) is 0.811. The van der Waals surface area contributed by atoms with Crippen molar-refractivity contribution in [2.75, 3.05) is 0 Å². The van der Waals surface area contributed by atoms with Crippen molar-refractivity contribution in [2.24, 2.45) is 0 Å². The molecule has 3 heterocycles. The highest BCUT2D eigenvalue weighted by molar-refractivity contribution is 6.41. The van der Waals surface area contributed by atoms with Gasteiger partial charge in [0.05, 0.1) is 16.7 Å². The molecule has 2 saturated heterocycles. The normalized spacial score (nSPS) is 29.6. The Bertz CT molecular complexity index is 509. The third kappa shape index (κ3) is 2.33. The van der Waals surface area contributed by atoms with Crippen molar-refractivity contribution < 1.29 is 9.90 Å². The van der Waals surface area contributed by atoms with Crippen molar-refractivity contribution in [3.05, 3.63) is 28.0 Å². The molecule has 2 unspecified atom stereocenters. The standard InChI is InChI=1S/C13H14Cl2N2O2/c14-11-3-7(6-16-12(11)15)13(19)17-8-1-2-9(17)5-10(18)4-8/h3,6,8-10,18H,1-2,4-5H2. The third-order valence-electron chi connectivity index (χ3n) is 3.99. The van der Waals surface area contributed by atoms with Gasteiger partial charge in [0, 0.05) is 18.3 Å². The van der Waals surface area contributed by atoms with Crippen LogP contribution in [0.1, 0.15) is 36.0 Å². The number of aromatic nitrogens is 1. The van der Waals surface area contributed by atoms with E-state index in [9.17, 15) is 9.90 Å². The number of nitrogens with zero attached hydrogens (tertiary/aromatic N) is 2. The molecule has 0 spiro atoms. The topological polar surface area (TPSA) is 53.4 Å². The number of hydrogen-bond acceptors (Lipinski definition) is 3. The minimum atomic E-state index is -0.284. The molecule has 2 atom stereocenters. The number of aliphatic hydroxyl groups is 1. The van der Waals surface area contributed by atoms with Gasteiger partial charge in [0.15, 0.2) is 0 Å². The second-order valence-corrected chi connectivity index (χ2v) is 5.98. The summed E-state index contributed by atoms with van der Waals surface area (Å²) in [7, 11) is 0. The molecule has 0 aromatic carbocycles. The Morgan fingerprint density at radius 3 is 2.53 bits per heavy atom. The zero-order chi connectivity index (χ0) is 13.6. The molecule has 6 heteroatoms. The van der Waals surface area contributed by atoms with Crippen molar-refractivity contribution >= 4 is 29.1 Å². The van der Waals surface area contributed by atoms with Gasteiger partial charge in [-0.25, -0.2) is 4.98 Å². The molecule has 1 aromatic rings. The van der Waals surface area contributed by atoms with Crippen LogP contribution in [0.4, 0.5) is 0 Å². The molecule has 19 heavy (non-hydrogen) atoms. The summed E-state index contributed by atoms with van der Waals surface area (Å²) in [6.45, 7) is 0. The van der Waals surface area contributed by atoms with E-state index in [0.29, 0.717) is 18.4 Å². The minimum Gasteiger partial charge on any atom is -0.393 e. The first-order valence-corrected chi connectivity index (χ1v) is 7.13. The lowest BCUT2D eigenvalue weighted by Gasteiger charge is -2.37. The lowest BCUT2D eigenvalue weighted by Crippen LogP contribution is -2.48. The van der Waals surface area contributed by atoms with Crippen LogP contribution in [-0.2, 0) is 0 Å². The maximum atomic E-state index is 12.5. The number of aliphatic hydroxyl groups excluding tert-OH is 1. The van der Waals surface area contributed by atoms with Crippen LogP contribution in [0.3, 0.4) is 0 Å². The molecule has 1 N–H and O–H groups in total. The van der Waals surface area contributed by atoms with Crippen molar-refractivity contribution in [1.82, 2.24) is 9.88 Å². The van der Waals surface area contributed by atoms with Gasteiger partial charge in [-0.1, -0.05) is 23.2 Å². The van der Waals surface area contributed by atoms with Crippen LogP contribution in [0.5, 0.6) is 0 Å². The molecule has 102 valence electrons. The lowest BCUT2D eigenvalue weighted by atomic mass is 9.99. The molecule has 1 aromatic heterocycles. The average Bonchev–Trinajstić information content (AvgIpc) is 2.64. The predicted octanol–water partition coefficient (Wildman–Crippen LogP) is 2.52. The third-order valence-corrected chi connectivity index (χ3v) is 4.67. The van der Waals surface area contributed by atoms with Gasteiger partial charge in [0.2, 0.25) is 0 Å². The van der Waals surface area contributed by atoms with Gasteiger partial charge in [-0.15, -0.1) is 0 Å². The summed E-state index contributed by atoms with van der Waals surface area (Å²) in [5.41, 5.74) is 0.461. The van der Waals surface area contributed by atoms with Crippen LogP contribution in [0, 0.1) is 0 Å². The van der Waals surface area contributed by atoms with Gasteiger partial charge in [0.25, 0.3) is 5.91 Å². The van der Waals surface area contributed by atoms with Gasteiger partial charge >= 0.3 is 0 Å². The average molecular weight is 301 g/mol. The molecule has 4 nitrogen and oxygen atoms in total. The molecule has 0 aliphatic carbocycles. The number of hydrogen-bond donors (Lipinski definition) is 1. The Kier molecular flexibility index (Phi) is 3.41. The Morgan fingerprint density at radius 1 is 1.32 bits per heavy atom. The number of piperidine rings is 1. The fourth-order valence-corrected chi connectivity index (χ4v) is 3.44. The van der Waals surface area contributed by atoms with Crippen LogP contribution < -0.4 is 0 Å². The Hall–Kier alpha value is -0.840. The molecule has 0 radical (unpaired) electrons. The van der Waals surface area contributed by atoms with Gasteiger partial charge in [-0.05, 0) is 31.7 Å². The maximum Gasteiger partial charge on any atom is 0.255 e. The van der Waals surface area contributed by atoms with Crippen LogP contribution in [-0.4, -0.2) is 39.1 Å². The second-order valence-electron chi connectivity index (χ2n) is 5.22. The van der Waals surface area contributed by atoms with Crippen LogP contribution in [0.2, 0.25) is 10.2 Å². The molecule has 1 amide bonds. The van der Waals surface area contributed by atoms with Crippen molar-refractivity contribution in [3.8, 4) is 0 Å². The van der Waals surface area contributed by atoms with E-state index in [0.717, 1.165) is 12.8 Å². The van der Waals surface area contributed by atoms with Gasteiger partial charge in [0.1, 0.15) is 5.15 Å². The number of halogens is 2. The lowest BCUT2D eigenvalue weighted by molar-refractivity contribution is 0.0286. The van der Waals surface area contributed by atoms with E-state index in [1.165, 1.54) is 6.20 Å². The largest absolute Gasteiger partial charge is 0.393 e. The molecule has 2 aliphatic heterocycles. The summed E-state index contributed by atoms with van der Waals surface area (Å²) in [6.07, 6.45) is 4.42. The van der Waals surface area contributed by atoms with Gasteiger partial charge in [-0.3, -0.25) is 4.79 Å². The maximum absolute atomic E-state index is 12.5. The second kappa shape index (κ2) is 4.93. The van der Waals surface area contributed by atoms with Crippen LogP contribution in [0.15, 0.2) is 12.3 Å². The fraction of sp³-hybridized carbons (Fsp3) is 0.538. The number of fused-ring (bicyclic) bond motifs is 2. The monoisotopic (exact) mass is 300 g/mol. The highest BCUT2D eigenvalue weighted by Crippen LogP contribution is 2.37. The summed E-state index contributed by atoms with van der Waals surface area (Å²) in [5.74, 6) is -0.0644.